The molecule has 0 aliphatic carbocycles. The molecule has 1 aromatic carbocycles. The zero-order valence-electron chi connectivity index (χ0n) is 11.0. The summed E-state index contributed by atoms with van der Waals surface area (Å²) < 4.78 is 13.5. The van der Waals surface area contributed by atoms with Gasteiger partial charge >= 0.3 is 0 Å². The highest BCUT2D eigenvalue weighted by molar-refractivity contribution is 7.15. The Bertz CT molecular complexity index is 533. The number of benzene rings is 1. The van der Waals surface area contributed by atoms with E-state index >= 15 is 0 Å². The van der Waals surface area contributed by atoms with Crippen LogP contribution >= 0.6 is 11.3 Å². The zero-order valence-corrected chi connectivity index (χ0v) is 11.8. The lowest BCUT2D eigenvalue weighted by Crippen LogP contribution is -2.18. The van der Waals surface area contributed by atoms with Crippen molar-refractivity contribution in [2.75, 3.05) is 6.54 Å². The minimum absolute atomic E-state index is 0.177. The maximum absolute atomic E-state index is 13.5. The Hall–Kier alpha value is -1.19. The Morgan fingerprint density at radius 2 is 2.06 bits per heavy atom. The van der Waals surface area contributed by atoms with Crippen LogP contribution in [0.3, 0.4) is 0 Å². The molecule has 3 heteroatoms. The average molecular weight is 263 g/mol. The topological polar surface area (TPSA) is 12.0 Å². The largest absolute Gasteiger partial charge is 0.310 e. The second kappa shape index (κ2) is 5.63. The van der Waals surface area contributed by atoms with Crippen LogP contribution < -0.4 is 5.32 Å². The first-order valence-electron chi connectivity index (χ1n) is 6.21. The molecule has 1 N–H and O–H groups in total. The van der Waals surface area contributed by atoms with Gasteiger partial charge in [-0.3, -0.25) is 0 Å². The molecule has 18 heavy (non-hydrogen) atoms. The van der Waals surface area contributed by atoms with Crippen molar-refractivity contribution in [1.82, 2.24) is 5.32 Å². The Kier molecular flexibility index (Phi) is 4.15. The molecule has 96 valence electrons. The first-order chi connectivity index (χ1) is 8.61. The van der Waals surface area contributed by atoms with Crippen molar-refractivity contribution in [3.63, 3.8) is 0 Å². The number of hydrogen-bond acceptors (Lipinski definition) is 2. The fourth-order valence-corrected chi connectivity index (χ4v) is 3.02. The zero-order chi connectivity index (χ0) is 13.1. The molecule has 0 aliphatic rings. The van der Waals surface area contributed by atoms with Crippen molar-refractivity contribution in [3.05, 3.63) is 46.6 Å². The van der Waals surface area contributed by atoms with Gasteiger partial charge in [0.1, 0.15) is 5.82 Å². The summed E-state index contributed by atoms with van der Waals surface area (Å²) in [4.78, 5) is 2.38. The van der Waals surface area contributed by atoms with Crippen LogP contribution in [0.1, 0.15) is 30.3 Å². The molecule has 0 saturated carbocycles. The first kappa shape index (κ1) is 13.2. The van der Waals surface area contributed by atoms with Gasteiger partial charge in [-0.1, -0.05) is 13.0 Å². The maximum atomic E-state index is 13.5. The summed E-state index contributed by atoms with van der Waals surface area (Å²) in [6.07, 6.45) is 0. The molecule has 0 aliphatic heterocycles. The van der Waals surface area contributed by atoms with Crippen LogP contribution in [0.15, 0.2) is 30.3 Å². The summed E-state index contributed by atoms with van der Waals surface area (Å²) in [5.41, 5.74) is 2.15. The fraction of sp³-hybridized carbons (Fsp3) is 0.333. The van der Waals surface area contributed by atoms with Gasteiger partial charge in [-0.25, -0.2) is 4.39 Å². The van der Waals surface area contributed by atoms with Crippen LogP contribution in [0, 0.1) is 12.7 Å². The lowest BCUT2D eigenvalue weighted by atomic mass is 10.00. The van der Waals surface area contributed by atoms with E-state index < -0.39 is 0 Å². The molecule has 0 amide bonds. The van der Waals surface area contributed by atoms with Crippen LogP contribution in [-0.2, 0) is 0 Å². The third kappa shape index (κ3) is 2.79. The molecule has 0 radical (unpaired) electrons. The molecule has 0 fully saturated rings. The predicted octanol–water partition coefficient (Wildman–Crippen LogP) is 4.53. The lowest BCUT2D eigenvalue weighted by molar-refractivity contribution is 0.593. The van der Waals surface area contributed by atoms with Crippen LogP contribution in [0.4, 0.5) is 4.39 Å². The molecule has 1 nitrogen and oxygen atoms in total. The van der Waals surface area contributed by atoms with E-state index in [9.17, 15) is 4.39 Å². The standard InChI is InChI=1S/C15H18FNS/c1-4-17-11(3)13-7-6-12(16)9-14(13)15-8-5-10(2)18-15/h5-9,11,17H,4H2,1-3H3. The number of thiophene rings is 1. The van der Waals surface area contributed by atoms with E-state index in [1.54, 1.807) is 17.4 Å². The Morgan fingerprint density at radius 3 is 2.67 bits per heavy atom. The second-order valence-electron chi connectivity index (χ2n) is 4.42. The van der Waals surface area contributed by atoms with E-state index in [0.717, 1.165) is 22.5 Å². The predicted molar refractivity (Wildman–Crippen MR) is 76.5 cm³/mol. The molecule has 2 aromatic rings. The molecule has 1 aromatic heterocycles. The van der Waals surface area contributed by atoms with E-state index in [1.807, 2.05) is 6.07 Å². The van der Waals surface area contributed by atoms with Gasteiger partial charge in [0.2, 0.25) is 0 Å². The van der Waals surface area contributed by atoms with Gasteiger partial charge in [0.15, 0.2) is 0 Å². The number of halogens is 1. The molecule has 1 atom stereocenters. The van der Waals surface area contributed by atoms with Crippen molar-refractivity contribution in [2.45, 2.75) is 26.8 Å². The Balaban J connectivity index is 2.47. The van der Waals surface area contributed by atoms with Crippen molar-refractivity contribution >= 4 is 11.3 Å². The van der Waals surface area contributed by atoms with Gasteiger partial charge < -0.3 is 5.32 Å². The van der Waals surface area contributed by atoms with Gasteiger partial charge in [0.25, 0.3) is 0 Å². The van der Waals surface area contributed by atoms with E-state index in [0.29, 0.717) is 0 Å². The Labute approximate surface area is 112 Å². The normalized spacial score (nSPS) is 12.7. The smallest absolute Gasteiger partial charge is 0.123 e. The van der Waals surface area contributed by atoms with E-state index in [1.165, 1.54) is 10.9 Å². The van der Waals surface area contributed by atoms with Crippen molar-refractivity contribution in [2.24, 2.45) is 0 Å². The number of nitrogens with one attached hydrogen (secondary N) is 1. The SMILES string of the molecule is CCNC(C)c1ccc(F)cc1-c1ccc(C)s1. The first-order valence-corrected chi connectivity index (χ1v) is 7.03. The van der Waals surface area contributed by atoms with Crippen LogP contribution in [0.5, 0.6) is 0 Å². The summed E-state index contributed by atoms with van der Waals surface area (Å²) in [5.74, 6) is -0.177. The average Bonchev–Trinajstić information content (AvgIpc) is 2.76. The highest BCUT2D eigenvalue weighted by Crippen LogP contribution is 2.33. The van der Waals surface area contributed by atoms with Gasteiger partial charge in [0.05, 0.1) is 0 Å². The highest BCUT2D eigenvalue weighted by Gasteiger charge is 2.13. The maximum Gasteiger partial charge on any atom is 0.123 e. The van der Waals surface area contributed by atoms with Crippen molar-refractivity contribution < 1.29 is 4.39 Å². The summed E-state index contributed by atoms with van der Waals surface area (Å²) in [6, 6.07) is 9.42. The second-order valence-corrected chi connectivity index (χ2v) is 5.71. The van der Waals surface area contributed by atoms with E-state index in [4.69, 9.17) is 0 Å². The minimum atomic E-state index is -0.177. The molecule has 0 saturated heterocycles. The number of aryl methyl sites for hydroxylation is 1. The van der Waals surface area contributed by atoms with E-state index in [2.05, 4.69) is 38.2 Å². The van der Waals surface area contributed by atoms with Gasteiger partial charge in [-0.15, -0.1) is 11.3 Å². The quantitative estimate of drug-likeness (QED) is 0.854. The molecule has 1 heterocycles. The third-order valence-corrected chi connectivity index (χ3v) is 4.03. The summed E-state index contributed by atoms with van der Waals surface area (Å²) in [6.45, 7) is 7.16. The van der Waals surface area contributed by atoms with Crippen molar-refractivity contribution in [1.29, 1.82) is 0 Å². The minimum Gasteiger partial charge on any atom is -0.310 e. The highest BCUT2D eigenvalue weighted by atomic mass is 32.1. The molecule has 0 bridgehead atoms. The summed E-state index contributed by atoms with van der Waals surface area (Å²) in [7, 11) is 0. The van der Waals surface area contributed by atoms with Crippen molar-refractivity contribution in [3.8, 4) is 10.4 Å². The van der Waals surface area contributed by atoms with E-state index in [-0.39, 0.29) is 11.9 Å². The molecule has 1 unspecified atom stereocenters. The Morgan fingerprint density at radius 1 is 1.28 bits per heavy atom. The lowest BCUT2D eigenvalue weighted by Gasteiger charge is -2.16. The van der Waals surface area contributed by atoms with Crippen LogP contribution in [-0.4, -0.2) is 6.54 Å². The third-order valence-electron chi connectivity index (χ3n) is 3.00. The van der Waals surface area contributed by atoms with Gasteiger partial charge in [-0.05, 0) is 55.8 Å². The van der Waals surface area contributed by atoms with Gasteiger partial charge in [0, 0.05) is 15.8 Å². The number of hydrogen-bond donors (Lipinski definition) is 1. The molecule has 0 spiro atoms. The number of rotatable bonds is 4. The molecular formula is C15H18FNS. The fourth-order valence-electron chi connectivity index (χ4n) is 2.11. The molecule has 2 rings (SSSR count). The molecular weight excluding hydrogens is 245 g/mol. The monoisotopic (exact) mass is 263 g/mol. The van der Waals surface area contributed by atoms with Crippen LogP contribution in [0.25, 0.3) is 10.4 Å². The van der Waals surface area contributed by atoms with Crippen LogP contribution in [0.2, 0.25) is 0 Å². The summed E-state index contributed by atoms with van der Waals surface area (Å²) >= 11 is 1.70. The summed E-state index contributed by atoms with van der Waals surface area (Å²) in [5, 5.41) is 3.38. The van der Waals surface area contributed by atoms with Gasteiger partial charge in [-0.2, -0.15) is 0 Å².